The van der Waals surface area contributed by atoms with Crippen molar-refractivity contribution >= 4 is 17.7 Å². The summed E-state index contributed by atoms with van der Waals surface area (Å²) in [7, 11) is 0. The van der Waals surface area contributed by atoms with Gasteiger partial charge in [0.15, 0.2) is 0 Å². The molecule has 0 saturated heterocycles. The van der Waals surface area contributed by atoms with Gasteiger partial charge in [-0.15, -0.1) is 0 Å². The number of carboxylic acids is 1. The number of hydrogen-bond acceptors (Lipinski definition) is 2. The van der Waals surface area contributed by atoms with Gasteiger partial charge in [0, 0.05) is 25.3 Å². The Morgan fingerprint density at radius 1 is 1.33 bits per heavy atom. The van der Waals surface area contributed by atoms with Crippen LogP contribution in [-0.2, 0) is 6.42 Å². The van der Waals surface area contributed by atoms with Crippen LogP contribution in [0.4, 0.5) is 10.5 Å². The number of benzene rings is 1. The third kappa shape index (κ3) is 3.17. The molecule has 0 radical (unpaired) electrons. The van der Waals surface area contributed by atoms with Crippen LogP contribution >= 0.6 is 0 Å². The number of aromatic carboxylic acids is 1. The Balaban J connectivity index is 2.29. The Kier molecular flexibility index (Phi) is 4.83. The molecular formula is C16H22N2O3. The van der Waals surface area contributed by atoms with Crippen LogP contribution in [0, 0.1) is 0 Å². The molecule has 2 amide bonds. The Hall–Kier alpha value is -2.04. The van der Waals surface area contributed by atoms with Gasteiger partial charge in [0.1, 0.15) is 0 Å². The van der Waals surface area contributed by atoms with Crippen molar-refractivity contribution in [1.82, 2.24) is 4.90 Å². The third-order valence-corrected chi connectivity index (χ3v) is 3.82. The number of carbonyl (C=O) groups excluding carboxylic acids is 1. The lowest BCUT2D eigenvalue weighted by Gasteiger charge is -2.34. The Morgan fingerprint density at radius 2 is 2.10 bits per heavy atom. The van der Waals surface area contributed by atoms with Gasteiger partial charge in [-0.3, -0.25) is 4.90 Å². The smallest absolute Gasteiger partial charge is 0.335 e. The van der Waals surface area contributed by atoms with Gasteiger partial charge in [-0.25, -0.2) is 9.59 Å². The highest BCUT2D eigenvalue weighted by Gasteiger charge is 2.26. The van der Waals surface area contributed by atoms with Crippen molar-refractivity contribution in [2.45, 2.75) is 33.1 Å². The van der Waals surface area contributed by atoms with Crippen LogP contribution < -0.4 is 4.90 Å². The van der Waals surface area contributed by atoms with E-state index >= 15 is 0 Å². The summed E-state index contributed by atoms with van der Waals surface area (Å²) in [6.45, 7) is 6.16. The first-order chi connectivity index (χ1) is 10.1. The molecule has 1 aliphatic heterocycles. The predicted octanol–water partition coefficient (Wildman–Crippen LogP) is 2.99. The standard InChI is InChI=1S/C16H22N2O3/c1-3-9-17(4-2)16(21)18-10-5-6-12-11-13(15(19)20)7-8-14(12)18/h7-8,11H,3-6,9-10H2,1-2H3,(H,19,20). The lowest BCUT2D eigenvalue weighted by molar-refractivity contribution is 0.0696. The molecule has 0 spiro atoms. The fourth-order valence-electron chi connectivity index (χ4n) is 2.76. The Labute approximate surface area is 125 Å². The van der Waals surface area contributed by atoms with E-state index in [-0.39, 0.29) is 11.6 Å². The minimum atomic E-state index is -0.928. The van der Waals surface area contributed by atoms with Crippen LogP contribution in [0.25, 0.3) is 0 Å². The van der Waals surface area contributed by atoms with Crippen LogP contribution in [0.1, 0.15) is 42.6 Å². The third-order valence-electron chi connectivity index (χ3n) is 3.82. The van der Waals surface area contributed by atoms with Gasteiger partial charge in [0.2, 0.25) is 0 Å². The number of hydrogen-bond donors (Lipinski definition) is 1. The number of carboxylic acid groups (broad SMARTS) is 1. The van der Waals surface area contributed by atoms with E-state index in [4.69, 9.17) is 5.11 Å². The van der Waals surface area contributed by atoms with Crippen LogP contribution in [-0.4, -0.2) is 41.6 Å². The van der Waals surface area contributed by atoms with Gasteiger partial charge < -0.3 is 10.0 Å². The largest absolute Gasteiger partial charge is 0.478 e. The molecule has 1 aromatic carbocycles. The van der Waals surface area contributed by atoms with Gasteiger partial charge in [-0.05, 0) is 49.9 Å². The molecular weight excluding hydrogens is 268 g/mol. The summed E-state index contributed by atoms with van der Waals surface area (Å²) in [5, 5.41) is 9.07. The molecule has 1 aliphatic rings. The molecule has 5 nitrogen and oxygen atoms in total. The first-order valence-corrected chi connectivity index (χ1v) is 7.51. The number of aryl methyl sites for hydroxylation is 1. The minimum absolute atomic E-state index is 0.0170. The highest BCUT2D eigenvalue weighted by Crippen LogP contribution is 2.29. The average Bonchev–Trinajstić information content (AvgIpc) is 2.50. The van der Waals surface area contributed by atoms with E-state index in [0.29, 0.717) is 13.1 Å². The van der Waals surface area contributed by atoms with Crippen molar-refractivity contribution in [2.24, 2.45) is 0 Å². The number of anilines is 1. The zero-order valence-electron chi connectivity index (χ0n) is 12.6. The maximum Gasteiger partial charge on any atom is 0.335 e. The monoisotopic (exact) mass is 290 g/mol. The molecule has 114 valence electrons. The minimum Gasteiger partial charge on any atom is -0.478 e. The number of carbonyl (C=O) groups is 2. The molecule has 1 aromatic rings. The second-order valence-corrected chi connectivity index (χ2v) is 5.27. The highest BCUT2D eigenvalue weighted by molar-refractivity contribution is 5.95. The molecule has 1 heterocycles. The van der Waals surface area contributed by atoms with Crippen LogP contribution in [0.5, 0.6) is 0 Å². The van der Waals surface area contributed by atoms with E-state index in [2.05, 4.69) is 6.92 Å². The van der Waals surface area contributed by atoms with Crippen molar-refractivity contribution < 1.29 is 14.7 Å². The molecule has 0 bridgehead atoms. The van der Waals surface area contributed by atoms with Crippen molar-refractivity contribution in [3.05, 3.63) is 29.3 Å². The molecule has 0 atom stereocenters. The van der Waals surface area contributed by atoms with Gasteiger partial charge in [0.05, 0.1) is 5.56 Å². The Bertz CT molecular complexity index is 542. The topological polar surface area (TPSA) is 60.9 Å². The first kappa shape index (κ1) is 15.4. The van der Waals surface area contributed by atoms with Crippen molar-refractivity contribution in [3.8, 4) is 0 Å². The van der Waals surface area contributed by atoms with E-state index in [1.807, 2.05) is 11.8 Å². The molecule has 0 fully saturated rings. The lowest BCUT2D eigenvalue weighted by Crippen LogP contribution is -2.45. The summed E-state index contributed by atoms with van der Waals surface area (Å²) >= 11 is 0. The van der Waals surface area contributed by atoms with E-state index in [0.717, 1.165) is 37.1 Å². The first-order valence-electron chi connectivity index (χ1n) is 7.51. The predicted molar refractivity (Wildman–Crippen MR) is 82.0 cm³/mol. The molecule has 1 N–H and O–H groups in total. The van der Waals surface area contributed by atoms with Crippen molar-refractivity contribution in [3.63, 3.8) is 0 Å². The normalized spacial score (nSPS) is 13.7. The summed E-state index contributed by atoms with van der Waals surface area (Å²) < 4.78 is 0. The molecule has 0 aliphatic carbocycles. The number of amides is 2. The van der Waals surface area contributed by atoms with E-state index in [1.165, 1.54) is 0 Å². The quantitative estimate of drug-likeness (QED) is 0.927. The second kappa shape index (κ2) is 6.61. The fraction of sp³-hybridized carbons (Fsp3) is 0.500. The lowest BCUT2D eigenvalue weighted by atomic mass is 9.99. The van der Waals surface area contributed by atoms with E-state index in [1.54, 1.807) is 23.1 Å². The van der Waals surface area contributed by atoms with Crippen LogP contribution in [0.15, 0.2) is 18.2 Å². The number of urea groups is 1. The van der Waals surface area contributed by atoms with Gasteiger partial charge in [-0.2, -0.15) is 0 Å². The number of fused-ring (bicyclic) bond motifs is 1. The summed E-state index contributed by atoms with van der Waals surface area (Å²) in [5.41, 5.74) is 2.08. The SMILES string of the molecule is CCCN(CC)C(=O)N1CCCc2cc(C(=O)O)ccc21. The summed E-state index contributed by atoms with van der Waals surface area (Å²) in [6.07, 6.45) is 2.61. The maximum atomic E-state index is 12.6. The number of rotatable bonds is 4. The Morgan fingerprint density at radius 3 is 2.71 bits per heavy atom. The van der Waals surface area contributed by atoms with E-state index in [9.17, 15) is 9.59 Å². The van der Waals surface area contributed by atoms with Gasteiger partial charge in [0.25, 0.3) is 0 Å². The average molecular weight is 290 g/mol. The van der Waals surface area contributed by atoms with Crippen LogP contribution in [0.2, 0.25) is 0 Å². The zero-order valence-corrected chi connectivity index (χ0v) is 12.6. The van der Waals surface area contributed by atoms with Crippen LogP contribution in [0.3, 0.4) is 0 Å². The molecule has 0 saturated carbocycles. The molecule has 2 rings (SSSR count). The fourth-order valence-corrected chi connectivity index (χ4v) is 2.76. The summed E-state index contributed by atoms with van der Waals surface area (Å²) in [6, 6.07) is 5.04. The maximum absolute atomic E-state index is 12.6. The molecule has 5 heteroatoms. The van der Waals surface area contributed by atoms with Gasteiger partial charge in [-0.1, -0.05) is 6.92 Å². The zero-order chi connectivity index (χ0) is 15.4. The highest BCUT2D eigenvalue weighted by atomic mass is 16.4. The van der Waals surface area contributed by atoms with Gasteiger partial charge >= 0.3 is 12.0 Å². The summed E-state index contributed by atoms with van der Waals surface area (Å²) in [5.74, 6) is -0.928. The second-order valence-electron chi connectivity index (χ2n) is 5.27. The number of nitrogens with zero attached hydrogens (tertiary/aromatic N) is 2. The summed E-state index contributed by atoms with van der Waals surface area (Å²) in [4.78, 5) is 27.3. The van der Waals surface area contributed by atoms with Crippen molar-refractivity contribution in [2.75, 3.05) is 24.5 Å². The van der Waals surface area contributed by atoms with E-state index < -0.39 is 5.97 Å². The molecule has 0 aromatic heterocycles. The van der Waals surface area contributed by atoms with Crippen molar-refractivity contribution in [1.29, 1.82) is 0 Å². The molecule has 21 heavy (non-hydrogen) atoms. The molecule has 0 unspecified atom stereocenters.